The summed E-state index contributed by atoms with van der Waals surface area (Å²) in [6, 6.07) is 1.59. The van der Waals surface area contributed by atoms with Gasteiger partial charge in [-0.2, -0.15) is 0 Å². The fourth-order valence-electron chi connectivity index (χ4n) is 1.53. The van der Waals surface area contributed by atoms with Crippen molar-refractivity contribution in [2.24, 2.45) is 0 Å². The molecule has 1 heterocycles. The molecule has 6 nitrogen and oxygen atoms in total. The maximum absolute atomic E-state index is 11.2. The molecular weight excluding hydrogens is 252 g/mol. The highest BCUT2D eigenvalue weighted by atomic mass is 32.2. The molecule has 0 saturated heterocycles. The van der Waals surface area contributed by atoms with Crippen molar-refractivity contribution >= 4 is 21.5 Å². The Morgan fingerprint density at radius 1 is 1.33 bits per heavy atom. The van der Waals surface area contributed by atoms with Crippen molar-refractivity contribution in [1.29, 1.82) is 0 Å². The first kappa shape index (κ1) is 14.7. The number of nitrogens with zero attached hydrogens (tertiary/aromatic N) is 2. The van der Waals surface area contributed by atoms with E-state index in [2.05, 4.69) is 27.5 Å². The molecule has 0 spiro atoms. The van der Waals surface area contributed by atoms with Crippen LogP contribution in [-0.4, -0.2) is 43.0 Å². The van der Waals surface area contributed by atoms with Gasteiger partial charge < -0.3 is 10.6 Å². The molecule has 102 valence electrons. The normalized spacial score (nSPS) is 13.1. The van der Waals surface area contributed by atoms with Gasteiger partial charge in [-0.3, -0.25) is 0 Å². The van der Waals surface area contributed by atoms with Gasteiger partial charge in [0.1, 0.15) is 27.8 Å². The third-order valence-corrected chi connectivity index (χ3v) is 3.28. The topological polar surface area (TPSA) is 84.0 Å². The number of anilines is 2. The molecule has 0 saturated carbocycles. The van der Waals surface area contributed by atoms with Crippen LogP contribution in [0.2, 0.25) is 0 Å². The van der Waals surface area contributed by atoms with Gasteiger partial charge in [0.05, 0.1) is 5.75 Å². The van der Waals surface area contributed by atoms with Crippen molar-refractivity contribution in [3.8, 4) is 0 Å². The van der Waals surface area contributed by atoms with E-state index in [9.17, 15) is 8.42 Å². The lowest BCUT2D eigenvalue weighted by Gasteiger charge is -2.13. The fraction of sp³-hybridized carbons (Fsp3) is 0.636. The van der Waals surface area contributed by atoms with Crippen LogP contribution < -0.4 is 10.6 Å². The van der Waals surface area contributed by atoms with E-state index in [-0.39, 0.29) is 11.8 Å². The van der Waals surface area contributed by atoms with Crippen LogP contribution in [0.3, 0.4) is 0 Å². The number of hydrogen-bond acceptors (Lipinski definition) is 6. The lowest BCUT2D eigenvalue weighted by molar-refractivity contribution is 0.598. The molecule has 18 heavy (non-hydrogen) atoms. The van der Waals surface area contributed by atoms with Gasteiger partial charge in [0.2, 0.25) is 0 Å². The van der Waals surface area contributed by atoms with Crippen molar-refractivity contribution in [2.75, 3.05) is 29.2 Å². The van der Waals surface area contributed by atoms with Gasteiger partial charge >= 0.3 is 0 Å². The number of rotatable bonds is 7. The fourth-order valence-corrected chi connectivity index (χ4v) is 2.53. The third-order valence-electron chi connectivity index (χ3n) is 2.17. The molecule has 7 heteroatoms. The average molecular weight is 272 g/mol. The van der Waals surface area contributed by atoms with Gasteiger partial charge in [-0.25, -0.2) is 18.4 Å². The number of aromatic nitrogens is 2. The Morgan fingerprint density at radius 3 is 2.61 bits per heavy atom. The quantitative estimate of drug-likeness (QED) is 0.774. The summed E-state index contributed by atoms with van der Waals surface area (Å²) in [6.45, 7) is 4.72. The lowest BCUT2D eigenvalue weighted by Crippen LogP contribution is -2.25. The molecule has 0 amide bonds. The van der Waals surface area contributed by atoms with Crippen LogP contribution in [0.1, 0.15) is 20.3 Å². The Balaban J connectivity index is 2.61. The molecule has 0 aromatic carbocycles. The standard InChI is InChI=1S/C11H20N4O2S/c1-4-5-12-10-6-11(14-8-13-10)15-9(2)7-18(3,16)17/h6,8-9H,4-5,7H2,1-3H3,(H2,12,13,14,15). The summed E-state index contributed by atoms with van der Waals surface area (Å²) in [4.78, 5) is 8.14. The average Bonchev–Trinajstić information content (AvgIpc) is 2.24. The summed E-state index contributed by atoms with van der Waals surface area (Å²) >= 11 is 0. The molecule has 0 fully saturated rings. The van der Waals surface area contributed by atoms with Gasteiger partial charge in [-0.1, -0.05) is 6.92 Å². The van der Waals surface area contributed by atoms with Crippen LogP contribution in [0.15, 0.2) is 12.4 Å². The maximum atomic E-state index is 11.2. The molecule has 1 atom stereocenters. The van der Waals surface area contributed by atoms with E-state index in [0.717, 1.165) is 18.8 Å². The van der Waals surface area contributed by atoms with E-state index in [1.807, 2.05) is 6.92 Å². The predicted molar refractivity (Wildman–Crippen MR) is 73.6 cm³/mol. The predicted octanol–water partition coefficient (Wildman–Crippen LogP) is 1.14. The molecule has 0 bridgehead atoms. The molecule has 0 aliphatic rings. The van der Waals surface area contributed by atoms with E-state index in [1.165, 1.54) is 12.6 Å². The molecule has 0 radical (unpaired) electrons. The van der Waals surface area contributed by atoms with E-state index >= 15 is 0 Å². The lowest BCUT2D eigenvalue weighted by atomic mass is 10.4. The van der Waals surface area contributed by atoms with E-state index in [1.54, 1.807) is 6.07 Å². The zero-order valence-corrected chi connectivity index (χ0v) is 11.8. The second-order valence-electron chi connectivity index (χ2n) is 4.35. The van der Waals surface area contributed by atoms with Gasteiger partial charge in [0, 0.05) is 24.9 Å². The van der Waals surface area contributed by atoms with Crippen molar-refractivity contribution < 1.29 is 8.42 Å². The Hall–Kier alpha value is -1.37. The number of sulfone groups is 1. The van der Waals surface area contributed by atoms with Crippen LogP contribution in [0.25, 0.3) is 0 Å². The van der Waals surface area contributed by atoms with Gasteiger partial charge in [0.25, 0.3) is 0 Å². The zero-order valence-electron chi connectivity index (χ0n) is 11.0. The van der Waals surface area contributed by atoms with Gasteiger partial charge in [-0.15, -0.1) is 0 Å². The van der Waals surface area contributed by atoms with Crippen LogP contribution in [0, 0.1) is 0 Å². The van der Waals surface area contributed by atoms with E-state index < -0.39 is 9.84 Å². The summed E-state index contributed by atoms with van der Waals surface area (Å²) < 4.78 is 22.3. The highest BCUT2D eigenvalue weighted by molar-refractivity contribution is 7.90. The summed E-state index contributed by atoms with van der Waals surface area (Å²) in [5.74, 6) is 1.44. The Bertz CT molecular complexity index is 476. The summed E-state index contributed by atoms with van der Waals surface area (Å²) in [6.07, 6.45) is 3.68. The Labute approximate surface area is 108 Å². The first-order chi connectivity index (χ1) is 8.40. The summed E-state index contributed by atoms with van der Waals surface area (Å²) in [7, 11) is -2.99. The van der Waals surface area contributed by atoms with E-state index in [4.69, 9.17) is 0 Å². The highest BCUT2D eigenvalue weighted by Gasteiger charge is 2.10. The Kier molecular flexibility index (Phi) is 5.33. The molecule has 0 aliphatic heterocycles. The minimum absolute atomic E-state index is 0.0781. The highest BCUT2D eigenvalue weighted by Crippen LogP contribution is 2.10. The molecule has 0 aliphatic carbocycles. The number of hydrogen-bond donors (Lipinski definition) is 2. The smallest absolute Gasteiger partial charge is 0.149 e. The minimum Gasteiger partial charge on any atom is -0.370 e. The van der Waals surface area contributed by atoms with Gasteiger partial charge in [0.15, 0.2) is 0 Å². The largest absolute Gasteiger partial charge is 0.370 e. The summed E-state index contributed by atoms with van der Waals surface area (Å²) in [5.41, 5.74) is 0. The van der Waals surface area contributed by atoms with Crippen molar-refractivity contribution in [3.05, 3.63) is 12.4 Å². The first-order valence-electron chi connectivity index (χ1n) is 5.91. The first-order valence-corrected chi connectivity index (χ1v) is 7.97. The van der Waals surface area contributed by atoms with Crippen LogP contribution in [0.5, 0.6) is 0 Å². The van der Waals surface area contributed by atoms with Crippen LogP contribution in [-0.2, 0) is 9.84 Å². The zero-order chi connectivity index (χ0) is 13.6. The maximum Gasteiger partial charge on any atom is 0.149 e. The van der Waals surface area contributed by atoms with E-state index in [0.29, 0.717) is 5.82 Å². The second-order valence-corrected chi connectivity index (χ2v) is 6.54. The molecule has 2 N–H and O–H groups in total. The van der Waals surface area contributed by atoms with Crippen LogP contribution >= 0.6 is 0 Å². The second kappa shape index (κ2) is 6.53. The molecule has 1 aromatic heterocycles. The third kappa shape index (κ3) is 5.81. The molecule has 1 unspecified atom stereocenters. The van der Waals surface area contributed by atoms with Crippen molar-refractivity contribution in [1.82, 2.24) is 9.97 Å². The van der Waals surface area contributed by atoms with Crippen LogP contribution in [0.4, 0.5) is 11.6 Å². The molecular formula is C11H20N4O2S. The van der Waals surface area contributed by atoms with Crippen molar-refractivity contribution in [2.45, 2.75) is 26.3 Å². The minimum atomic E-state index is -2.99. The number of nitrogens with one attached hydrogen (secondary N) is 2. The molecule has 1 aromatic rings. The summed E-state index contributed by atoms with van der Waals surface area (Å²) in [5, 5.41) is 6.19. The molecule has 1 rings (SSSR count). The Morgan fingerprint density at radius 2 is 2.00 bits per heavy atom. The monoisotopic (exact) mass is 272 g/mol. The SMILES string of the molecule is CCCNc1cc(NC(C)CS(C)(=O)=O)ncn1. The van der Waals surface area contributed by atoms with Gasteiger partial charge in [-0.05, 0) is 13.3 Å². The van der Waals surface area contributed by atoms with Crippen molar-refractivity contribution in [3.63, 3.8) is 0 Å².